The number of hydrogen-bond acceptors (Lipinski definition) is 19. The number of amides is 3. The molecule has 0 aliphatic carbocycles. The molecular weight excluding hydrogens is 1110 g/mol. The van der Waals surface area contributed by atoms with Crippen molar-refractivity contribution < 1.29 is 63.9 Å². The quantitative estimate of drug-likeness (QED) is 0.0117. The van der Waals surface area contributed by atoms with Crippen molar-refractivity contribution in [2.24, 2.45) is 5.73 Å². The van der Waals surface area contributed by atoms with E-state index in [0.29, 0.717) is 49.4 Å². The highest BCUT2D eigenvalue weighted by molar-refractivity contribution is 7.80. The first-order valence-corrected chi connectivity index (χ1v) is 26.7. The van der Waals surface area contributed by atoms with Crippen molar-refractivity contribution >= 4 is 99.3 Å². The first-order chi connectivity index (χ1) is 39.5. The summed E-state index contributed by atoms with van der Waals surface area (Å²) in [4.78, 5) is 131. The average molecular weight is 1180 g/mol. The fourth-order valence-corrected chi connectivity index (χ4v) is 9.04. The molecule has 3 amide bonds. The number of carbonyl (C=O) groups is 8. The number of nitrogen functional groups attached to an aromatic ring is 1. The van der Waals surface area contributed by atoms with E-state index in [0.717, 1.165) is 5.56 Å². The molecule has 0 saturated carbocycles. The van der Waals surface area contributed by atoms with Gasteiger partial charge in [-0.15, -0.1) is 0 Å². The van der Waals surface area contributed by atoms with Gasteiger partial charge in [0.15, 0.2) is 22.2 Å². The van der Waals surface area contributed by atoms with Crippen LogP contribution in [-0.4, -0.2) is 208 Å². The van der Waals surface area contributed by atoms with Gasteiger partial charge in [-0.25, -0.2) is 19.6 Å². The van der Waals surface area contributed by atoms with Gasteiger partial charge in [-0.05, 0) is 99.1 Å². The van der Waals surface area contributed by atoms with Crippen LogP contribution in [0, 0.1) is 5.41 Å². The molecule has 1 aliphatic rings. The van der Waals surface area contributed by atoms with Crippen molar-refractivity contribution in [2.75, 3.05) is 81.8 Å². The van der Waals surface area contributed by atoms with Gasteiger partial charge in [0.25, 0.3) is 11.5 Å². The van der Waals surface area contributed by atoms with Crippen LogP contribution in [0.5, 0.6) is 0 Å². The molecule has 2 aromatic heterocycles. The molecular formula is C51H69N17O14S. The Morgan fingerprint density at radius 3 is 2.00 bits per heavy atom. The van der Waals surface area contributed by atoms with Gasteiger partial charge >= 0.3 is 29.8 Å². The lowest BCUT2D eigenvalue weighted by Crippen LogP contribution is -2.52. The topological polar surface area (TPSA) is 479 Å². The SMILES string of the molecule is N=C(N)NCCC[C@H](NC(=O)CC[C@H](NC(=O)c1ccc(NCc2cnc3nc(N)[nH]c(=O)c3n2)cc1)C(=O)O)C(=O)N[C@@H](CCCCNC(=S)Nc1ccc(CC2CN(CC(=O)O)CCN(CC(=O)O)CCN2CC(=O)O)cc1)C(=O)O. The molecule has 1 saturated heterocycles. The minimum absolute atomic E-state index is 0.000271. The van der Waals surface area contributed by atoms with Gasteiger partial charge in [0, 0.05) is 75.2 Å². The summed E-state index contributed by atoms with van der Waals surface area (Å²) in [7, 11) is 0. The number of hydrogen-bond donors (Lipinski definition) is 16. The first kappa shape index (κ1) is 64.7. The molecule has 18 N–H and O–H groups in total. The molecule has 31 nitrogen and oxygen atoms in total. The maximum atomic E-state index is 13.6. The normalized spacial score (nSPS) is 15.2. The minimum atomic E-state index is -1.52. The molecule has 1 fully saturated rings. The second-order valence-corrected chi connectivity index (χ2v) is 19.8. The summed E-state index contributed by atoms with van der Waals surface area (Å²) in [6.07, 6.45) is 1.86. The zero-order chi connectivity index (χ0) is 60.6. The zero-order valence-electron chi connectivity index (χ0n) is 45.1. The zero-order valence-corrected chi connectivity index (χ0v) is 45.9. The number of guanidine groups is 1. The molecule has 0 bridgehead atoms. The van der Waals surface area contributed by atoms with E-state index in [2.05, 4.69) is 57.2 Å². The van der Waals surface area contributed by atoms with Gasteiger partial charge in [-0.3, -0.25) is 58.7 Å². The van der Waals surface area contributed by atoms with E-state index in [1.807, 2.05) is 12.1 Å². The number of carboxylic acids is 5. The summed E-state index contributed by atoms with van der Waals surface area (Å²) >= 11 is 5.47. The van der Waals surface area contributed by atoms with E-state index in [1.54, 1.807) is 39.0 Å². The average Bonchev–Trinajstić information content (AvgIpc) is 3.55. The Balaban J connectivity index is 1.08. The van der Waals surface area contributed by atoms with Crippen molar-refractivity contribution in [2.45, 2.75) is 82.1 Å². The van der Waals surface area contributed by atoms with Crippen molar-refractivity contribution in [3.63, 3.8) is 0 Å². The van der Waals surface area contributed by atoms with Crippen molar-refractivity contribution in [3.8, 4) is 0 Å². The maximum Gasteiger partial charge on any atom is 0.326 e. The number of carboxylic acid groups (broad SMARTS) is 5. The molecule has 4 aromatic rings. The summed E-state index contributed by atoms with van der Waals surface area (Å²) in [5.41, 5.74) is 13.0. The lowest BCUT2D eigenvalue weighted by atomic mass is 10.0. The number of nitrogens with one attached hydrogen (secondary N) is 9. The van der Waals surface area contributed by atoms with E-state index >= 15 is 0 Å². The van der Waals surface area contributed by atoms with Crippen molar-refractivity contribution in [1.29, 1.82) is 5.41 Å². The summed E-state index contributed by atoms with van der Waals surface area (Å²) in [6.45, 7) is 1.01. The molecule has 0 radical (unpaired) electrons. The Kier molecular flexibility index (Phi) is 25.2. The Morgan fingerprint density at radius 1 is 0.723 bits per heavy atom. The Bertz CT molecular complexity index is 3010. The van der Waals surface area contributed by atoms with Gasteiger partial charge in [0.2, 0.25) is 17.8 Å². The second-order valence-electron chi connectivity index (χ2n) is 19.4. The van der Waals surface area contributed by atoms with Gasteiger partial charge in [0.05, 0.1) is 38.1 Å². The van der Waals surface area contributed by atoms with Crippen LogP contribution in [0.3, 0.4) is 0 Å². The largest absolute Gasteiger partial charge is 0.480 e. The van der Waals surface area contributed by atoms with Gasteiger partial charge < -0.3 is 74.2 Å². The monoisotopic (exact) mass is 1180 g/mol. The van der Waals surface area contributed by atoms with Crippen LogP contribution < -0.4 is 54.2 Å². The number of nitrogens with two attached hydrogens (primary N) is 2. The molecule has 1 aliphatic heterocycles. The number of benzene rings is 2. The fourth-order valence-electron chi connectivity index (χ4n) is 8.82. The molecule has 32 heteroatoms. The third-order valence-electron chi connectivity index (χ3n) is 13.0. The standard InChI is InChI=1S/C51H69N17O14S/c52-49(53)55-17-3-5-35(61-38(69)15-14-37(48(81)82)62-44(76)30-8-12-31(13-9-30)57-23-33-24-58-43-42(59-33)46(78)65-50(54)64-43)45(77)63-36(47(79)80)4-1-2-16-56-51(83)60-32-10-6-29(7-11-32)22-34-25-67(27-40(72)73)19-18-66(26-39(70)71)20-21-68(34)28-41(74)75/h6-13,24,34-37,57H,1-5,14-23,25-28H2,(H,61,69)(H,62,76)(H,63,77)(H,70,71)(H,72,73)(H,74,75)(H,79,80)(H,81,82)(H4,52,53,55)(H2,56,60,83)(H3,54,58,64,65,78)/t34?,35-,36-,37-/m0/s1. The molecule has 0 spiro atoms. The highest BCUT2D eigenvalue weighted by Gasteiger charge is 2.30. The maximum absolute atomic E-state index is 13.6. The number of anilines is 3. The number of unbranched alkanes of at least 4 members (excludes halogenated alkanes) is 1. The number of aromatic nitrogens is 4. The molecule has 448 valence electrons. The molecule has 4 atom stereocenters. The Hall–Kier alpha value is -9.14. The predicted octanol–water partition coefficient (Wildman–Crippen LogP) is -1.57. The lowest BCUT2D eigenvalue weighted by molar-refractivity contribution is -0.142. The number of aromatic amines is 1. The molecule has 83 heavy (non-hydrogen) atoms. The van der Waals surface area contributed by atoms with Crippen LogP contribution in [-0.2, 0) is 46.5 Å². The highest BCUT2D eigenvalue weighted by atomic mass is 32.1. The van der Waals surface area contributed by atoms with Gasteiger partial charge in [-0.1, -0.05) is 12.1 Å². The smallest absolute Gasteiger partial charge is 0.326 e. The number of H-pyrrole nitrogens is 1. The Labute approximate surface area is 479 Å². The fraction of sp³-hybridized carbons (Fsp3) is 0.451. The minimum Gasteiger partial charge on any atom is -0.480 e. The van der Waals surface area contributed by atoms with Crippen molar-refractivity contribution in [3.05, 3.63) is 81.9 Å². The third kappa shape index (κ3) is 22.7. The molecule has 3 heterocycles. The van der Waals surface area contributed by atoms with Crippen LogP contribution in [0.25, 0.3) is 11.2 Å². The number of rotatable bonds is 31. The third-order valence-corrected chi connectivity index (χ3v) is 13.2. The van der Waals surface area contributed by atoms with Gasteiger partial charge in [0.1, 0.15) is 18.1 Å². The van der Waals surface area contributed by atoms with Crippen LogP contribution in [0.1, 0.15) is 66.6 Å². The van der Waals surface area contributed by atoms with E-state index in [4.69, 9.17) is 29.1 Å². The summed E-state index contributed by atoms with van der Waals surface area (Å²) < 4.78 is 0. The summed E-state index contributed by atoms with van der Waals surface area (Å²) in [6, 6.07) is 8.59. The molecule has 5 rings (SSSR count). The van der Waals surface area contributed by atoms with Crippen LogP contribution in [0.4, 0.5) is 17.3 Å². The number of nitrogens with zero attached hydrogens (tertiary/aromatic N) is 6. The predicted molar refractivity (Wildman–Crippen MR) is 304 cm³/mol. The highest BCUT2D eigenvalue weighted by Crippen LogP contribution is 2.18. The van der Waals surface area contributed by atoms with Gasteiger partial charge in [-0.2, -0.15) is 4.98 Å². The van der Waals surface area contributed by atoms with Crippen molar-refractivity contribution in [1.82, 2.24) is 61.2 Å². The number of carbonyl (C=O) groups excluding carboxylic acids is 3. The van der Waals surface area contributed by atoms with E-state index in [1.165, 1.54) is 18.3 Å². The van der Waals surface area contributed by atoms with E-state index < -0.39 is 83.7 Å². The number of aliphatic carboxylic acids is 5. The van der Waals surface area contributed by atoms with Crippen LogP contribution >= 0.6 is 12.2 Å². The molecule has 1 unspecified atom stereocenters. The van der Waals surface area contributed by atoms with Crippen LogP contribution in [0.15, 0.2) is 59.5 Å². The first-order valence-electron chi connectivity index (χ1n) is 26.3. The van der Waals surface area contributed by atoms with Crippen LogP contribution in [0.2, 0.25) is 0 Å². The number of thiocarbonyl (C=S) groups is 1. The second kappa shape index (κ2) is 32.3. The summed E-state index contributed by atoms with van der Waals surface area (Å²) in [5.74, 6) is -8.73. The molecule has 2 aromatic carbocycles. The number of fused-ring (bicyclic) bond motifs is 1. The summed E-state index contributed by atoms with van der Waals surface area (Å²) in [5, 5.41) is 75.5. The Morgan fingerprint density at radius 2 is 1.34 bits per heavy atom. The lowest BCUT2D eigenvalue weighted by Gasteiger charge is -2.33. The van der Waals surface area contributed by atoms with E-state index in [-0.39, 0.29) is 118 Å². The van der Waals surface area contributed by atoms with E-state index in [9.17, 15) is 68.7 Å².